The van der Waals surface area contributed by atoms with E-state index in [4.69, 9.17) is 4.74 Å². The molecule has 110 valence electrons. The summed E-state index contributed by atoms with van der Waals surface area (Å²) in [5.41, 5.74) is 2.37. The highest BCUT2D eigenvalue weighted by atomic mass is 35.5. The minimum Gasteiger partial charge on any atom is -0.497 e. The van der Waals surface area contributed by atoms with Crippen molar-refractivity contribution in [3.8, 4) is 17.0 Å². The van der Waals surface area contributed by atoms with Crippen molar-refractivity contribution in [3.05, 3.63) is 30.5 Å². The van der Waals surface area contributed by atoms with Crippen molar-refractivity contribution < 1.29 is 4.74 Å². The van der Waals surface area contributed by atoms with Crippen LogP contribution in [-0.2, 0) is 6.54 Å². The van der Waals surface area contributed by atoms with Gasteiger partial charge in [0.2, 0.25) is 0 Å². The van der Waals surface area contributed by atoms with Gasteiger partial charge >= 0.3 is 0 Å². The third-order valence-electron chi connectivity index (χ3n) is 3.12. The van der Waals surface area contributed by atoms with Crippen LogP contribution in [-0.4, -0.2) is 22.9 Å². The monoisotopic (exact) mass is 312 g/mol. The van der Waals surface area contributed by atoms with Gasteiger partial charge in [0.1, 0.15) is 5.75 Å². The predicted molar refractivity (Wildman–Crippen MR) is 88.2 cm³/mol. The van der Waals surface area contributed by atoms with E-state index in [1.807, 2.05) is 18.3 Å². The fourth-order valence-electron chi connectivity index (χ4n) is 2.05. The largest absolute Gasteiger partial charge is 0.497 e. The summed E-state index contributed by atoms with van der Waals surface area (Å²) >= 11 is 1.70. The maximum absolute atomic E-state index is 5.20. The molecule has 0 spiro atoms. The quantitative estimate of drug-likeness (QED) is 0.735. The van der Waals surface area contributed by atoms with Gasteiger partial charge < -0.3 is 9.30 Å². The molecule has 2 rings (SSSR count). The molecular weight excluding hydrogens is 292 g/mol. The summed E-state index contributed by atoms with van der Waals surface area (Å²) in [6.45, 7) is 3.23. The van der Waals surface area contributed by atoms with E-state index in [0.717, 1.165) is 17.5 Å². The minimum absolute atomic E-state index is 0. The summed E-state index contributed by atoms with van der Waals surface area (Å²) in [6, 6.07) is 8.15. The Balaban J connectivity index is 0.00000200. The van der Waals surface area contributed by atoms with Crippen LogP contribution in [0.3, 0.4) is 0 Å². The fourth-order valence-corrected chi connectivity index (χ4v) is 2.61. The molecule has 0 saturated heterocycles. The van der Waals surface area contributed by atoms with Crippen LogP contribution in [0.25, 0.3) is 11.3 Å². The molecule has 0 amide bonds. The van der Waals surface area contributed by atoms with Crippen LogP contribution in [0.1, 0.15) is 19.8 Å². The standard InChI is InChI=1S/C15H20N2OS.ClH/c1-4-5-10-17-14(11-16-15(17)19-3)12-6-8-13(18-2)9-7-12;/h6-9,11H,4-5,10H2,1-3H3;1H. The molecule has 0 aliphatic carbocycles. The number of benzene rings is 1. The van der Waals surface area contributed by atoms with Crippen molar-refractivity contribution in [3.63, 3.8) is 0 Å². The fraction of sp³-hybridized carbons (Fsp3) is 0.400. The number of halogens is 1. The van der Waals surface area contributed by atoms with Crippen LogP contribution in [0, 0.1) is 0 Å². The highest BCUT2D eigenvalue weighted by Crippen LogP contribution is 2.27. The minimum atomic E-state index is 0. The summed E-state index contributed by atoms with van der Waals surface area (Å²) in [5.74, 6) is 0.883. The zero-order valence-electron chi connectivity index (χ0n) is 12.1. The van der Waals surface area contributed by atoms with Gasteiger partial charge in [0.05, 0.1) is 19.0 Å². The van der Waals surface area contributed by atoms with Crippen molar-refractivity contribution in [2.45, 2.75) is 31.5 Å². The van der Waals surface area contributed by atoms with Gasteiger partial charge in [-0.1, -0.05) is 25.1 Å². The number of unbranched alkanes of at least 4 members (excludes halogenated alkanes) is 1. The average Bonchev–Trinajstić information content (AvgIpc) is 2.88. The number of methoxy groups -OCH3 is 1. The van der Waals surface area contributed by atoms with Crippen molar-refractivity contribution in [2.24, 2.45) is 0 Å². The number of ether oxygens (including phenoxy) is 1. The van der Waals surface area contributed by atoms with Crippen LogP contribution < -0.4 is 4.74 Å². The highest BCUT2D eigenvalue weighted by molar-refractivity contribution is 7.98. The van der Waals surface area contributed by atoms with E-state index in [-0.39, 0.29) is 12.4 Å². The first-order valence-corrected chi connectivity index (χ1v) is 7.76. The molecule has 3 nitrogen and oxygen atoms in total. The van der Waals surface area contributed by atoms with Gasteiger partial charge in [-0.15, -0.1) is 12.4 Å². The summed E-state index contributed by atoms with van der Waals surface area (Å²) in [4.78, 5) is 4.50. The first-order chi connectivity index (χ1) is 9.30. The molecule has 0 fully saturated rings. The first kappa shape index (κ1) is 16.9. The molecule has 1 aromatic heterocycles. The van der Waals surface area contributed by atoms with Crippen LogP contribution in [0.2, 0.25) is 0 Å². The average molecular weight is 313 g/mol. The van der Waals surface area contributed by atoms with Gasteiger partial charge in [-0.2, -0.15) is 0 Å². The maximum atomic E-state index is 5.20. The Morgan fingerprint density at radius 2 is 1.95 bits per heavy atom. The van der Waals surface area contributed by atoms with Crippen LogP contribution in [0.5, 0.6) is 5.75 Å². The Kier molecular flexibility index (Phi) is 6.96. The third kappa shape index (κ3) is 3.70. The van der Waals surface area contributed by atoms with Gasteiger partial charge in [0.15, 0.2) is 5.16 Å². The Labute approximate surface area is 131 Å². The SMILES string of the molecule is CCCCn1c(-c2ccc(OC)cc2)cnc1SC.Cl. The zero-order valence-corrected chi connectivity index (χ0v) is 13.8. The Morgan fingerprint density at radius 3 is 2.50 bits per heavy atom. The van der Waals surface area contributed by atoms with Crippen LogP contribution in [0.15, 0.2) is 35.6 Å². The number of hydrogen-bond donors (Lipinski definition) is 0. The molecule has 0 unspecified atom stereocenters. The molecule has 1 aromatic carbocycles. The van der Waals surface area contributed by atoms with Crippen LogP contribution >= 0.6 is 24.2 Å². The lowest BCUT2D eigenvalue weighted by Gasteiger charge is -2.10. The van der Waals surface area contributed by atoms with Crippen molar-refractivity contribution in [2.75, 3.05) is 13.4 Å². The Morgan fingerprint density at radius 1 is 1.25 bits per heavy atom. The molecule has 0 aliphatic rings. The number of hydrogen-bond acceptors (Lipinski definition) is 3. The van der Waals surface area contributed by atoms with E-state index in [1.54, 1.807) is 18.9 Å². The van der Waals surface area contributed by atoms with Crippen LogP contribution in [0.4, 0.5) is 0 Å². The summed E-state index contributed by atoms with van der Waals surface area (Å²) in [5, 5.41) is 1.08. The van der Waals surface area contributed by atoms with Gasteiger partial charge in [0.25, 0.3) is 0 Å². The van der Waals surface area contributed by atoms with E-state index in [0.29, 0.717) is 0 Å². The lowest BCUT2D eigenvalue weighted by atomic mass is 10.1. The lowest BCUT2D eigenvalue weighted by molar-refractivity contribution is 0.415. The van der Waals surface area contributed by atoms with Gasteiger partial charge in [-0.05, 0) is 36.9 Å². The van der Waals surface area contributed by atoms with Gasteiger partial charge in [-0.3, -0.25) is 0 Å². The zero-order chi connectivity index (χ0) is 13.7. The third-order valence-corrected chi connectivity index (χ3v) is 3.81. The molecule has 0 radical (unpaired) electrons. The van der Waals surface area contributed by atoms with E-state index in [9.17, 15) is 0 Å². The highest BCUT2D eigenvalue weighted by Gasteiger charge is 2.10. The lowest BCUT2D eigenvalue weighted by Crippen LogP contribution is -2.01. The smallest absolute Gasteiger partial charge is 0.168 e. The molecular formula is C15H21ClN2OS. The number of rotatable bonds is 6. The molecule has 5 heteroatoms. The summed E-state index contributed by atoms with van der Waals surface area (Å²) < 4.78 is 7.50. The van der Waals surface area contributed by atoms with Crippen molar-refractivity contribution >= 4 is 24.2 Å². The molecule has 20 heavy (non-hydrogen) atoms. The second kappa shape index (κ2) is 8.22. The van der Waals surface area contributed by atoms with Gasteiger partial charge in [-0.25, -0.2) is 4.98 Å². The molecule has 1 heterocycles. The van der Waals surface area contributed by atoms with E-state index < -0.39 is 0 Å². The molecule has 0 bridgehead atoms. The van der Waals surface area contributed by atoms with E-state index in [2.05, 4.69) is 34.9 Å². The van der Waals surface area contributed by atoms with Crippen molar-refractivity contribution in [1.82, 2.24) is 9.55 Å². The maximum Gasteiger partial charge on any atom is 0.168 e. The molecule has 2 aromatic rings. The number of nitrogens with zero attached hydrogens (tertiary/aromatic N) is 2. The molecule has 0 N–H and O–H groups in total. The molecule has 0 aliphatic heterocycles. The predicted octanol–water partition coefficient (Wildman–Crippen LogP) is 4.50. The summed E-state index contributed by atoms with van der Waals surface area (Å²) in [6.07, 6.45) is 6.40. The number of aromatic nitrogens is 2. The first-order valence-electron chi connectivity index (χ1n) is 6.54. The Hall–Kier alpha value is -1.13. The second-order valence-corrected chi connectivity index (χ2v) is 5.14. The Bertz CT molecular complexity index is 525. The number of thioether (sulfide) groups is 1. The van der Waals surface area contributed by atoms with E-state index in [1.165, 1.54) is 24.1 Å². The molecule has 0 saturated carbocycles. The molecule has 0 atom stereocenters. The second-order valence-electron chi connectivity index (χ2n) is 4.36. The summed E-state index contributed by atoms with van der Waals surface area (Å²) in [7, 11) is 1.69. The number of imidazole rings is 1. The van der Waals surface area contributed by atoms with Gasteiger partial charge in [0, 0.05) is 12.1 Å². The topological polar surface area (TPSA) is 27.1 Å². The van der Waals surface area contributed by atoms with Crippen molar-refractivity contribution in [1.29, 1.82) is 0 Å². The normalized spacial score (nSPS) is 10.2. The van der Waals surface area contributed by atoms with E-state index >= 15 is 0 Å².